The maximum atomic E-state index is 13.4. The number of ether oxygens (including phenoxy) is 1. The SMILES string of the molecule is N/C(=N/O)c1ccc(OCc2cc(F)ccc2F)c(Cl)c1. The highest BCUT2D eigenvalue weighted by molar-refractivity contribution is 6.32. The number of amidine groups is 1. The highest BCUT2D eigenvalue weighted by Gasteiger charge is 2.09. The molecule has 2 aromatic carbocycles. The molecule has 0 fully saturated rings. The maximum absolute atomic E-state index is 13.4. The average Bonchev–Trinajstić information content (AvgIpc) is 2.48. The third kappa shape index (κ3) is 3.61. The summed E-state index contributed by atoms with van der Waals surface area (Å²) in [6, 6.07) is 7.56. The van der Waals surface area contributed by atoms with Crippen LogP contribution in [0.3, 0.4) is 0 Å². The van der Waals surface area contributed by atoms with Crippen LogP contribution in [0.1, 0.15) is 11.1 Å². The van der Waals surface area contributed by atoms with Crippen LogP contribution < -0.4 is 10.5 Å². The molecule has 2 rings (SSSR count). The minimum atomic E-state index is -0.569. The molecular weight excluding hydrogens is 302 g/mol. The number of hydrogen-bond donors (Lipinski definition) is 2. The Morgan fingerprint density at radius 3 is 2.67 bits per heavy atom. The monoisotopic (exact) mass is 312 g/mol. The van der Waals surface area contributed by atoms with E-state index in [0.29, 0.717) is 5.56 Å². The van der Waals surface area contributed by atoms with E-state index in [1.807, 2.05) is 0 Å². The van der Waals surface area contributed by atoms with Crippen LogP contribution in [0.15, 0.2) is 41.6 Å². The zero-order valence-corrected chi connectivity index (χ0v) is 11.4. The molecule has 0 heterocycles. The van der Waals surface area contributed by atoms with Crippen molar-refractivity contribution in [1.29, 1.82) is 0 Å². The van der Waals surface area contributed by atoms with Crippen molar-refractivity contribution in [3.63, 3.8) is 0 Å². The molecule has 0 atom stereocenters. The van der Waals surface area contributed by atoms with Gasteiger partial charge in [-0.05, 0) is 36.4 Å². The summed E-state index contributed by atoms with van der Waals surface area (Å²) in [7, 11) is 0. The molecule has 110 valence electrons. The smallest absolute Gasteiger partial charge is 0.170 e. The van der Waals surface area contributed by atoms with Crippen LogP contribution in [0.5, 0.6) is 5.75 Å². The molecule has 0 radical (unpaired) electrons. The third-order valence-electron chi connectivity index (χ3n) is 2.73. The number of rotatable bonds is 4. The Hall–Kier alpha value is -2.34. The fraction of sp³-hybridized carbons (Fsp3) is 0.0714. The van der Waals surface area contributed by atoms with E-state index in [1.54, 1.807) is 0 Å². The van der Waals surface area contributed by atoms with E-state index in [1.165, 1.54) is 18.2 Å². The first kappa shape index (κ1) is 15.1. The van der Waals surface area contributed by atoms with Crippen LogP contribution >= 0.6 is 11.6 Å². The summed E-state index contributed by atoms with van der Waals surface area (Å²) in [5, 5.41) is 11.6. The van der Waals surface area contributed by atoms with Crippen molar-refractivity contribution in [2.24, 2.45) is 10.9 Å². The van der Waals surface area contributed by atoms with Crippen LogP contribution in [-0.4, -0.2) is 11.0 Å². The van der Waals surface area contributed by atoms with Gasteiger partial charge in [0.2, 0.25) is 0 Å². The normalized spacial score (nSPS) is 11.5. The molecule has 0 aliphatic rings. The summed E-state index contributed by atoms with van der Waals surface area (Å²) < 4.78 is 31.8. The molecule has 0 aliphatic heterocycles. The second kappa shape index (κ2) is 6.41. The number of halogens is 3. The first-order valence-electron chi connectivity index (χ1n) is 5.85. The van der Waals surface area contributed by atoms with E-state index in [0.717, 1.165) is 18.2 Å². The standard InChI is InChI=1S/C14H11ClF2N2O2/c15-11-6-8(14(18)19-20)1-4-13(11)21-7-9-5-10(16)2-3-12(9)17/h1-6,20H,7H2,(H2,18,19). The van der Waals surface area contributed by atoms with E-state index >= 15 is 0 Å². The van der Waals surface area contributed by atoms with Gasteiger partial charge in [-0.2, -0.15) is 0 Å². The van der Waals surface area contributed by atoms with Crippen LogP contribution in [0, 0.1) is 11.6 Å². The summed E-state index contributed by atoms with van der Waals surface area (Å²) >= 11 is 5.98. The van der Waals surface area contributed by atoms with Gasteiger partial charge in [-0.15, -0.1) is 0 Å². The Morgan fingerprint density at radius 1 is 1.24 bits per heavy atom. The van der Waals surface area contributed by atoms with Gasteiger partial charge in [-0.25, -0.2) is 8.78 Å². The highest BCUT2D eigenvalue weighted by Crippen LogP contribution is 2.26. The third-order valence-corrected chi connectivity index (χ3v) is 3.02. The largest absolute Gasteiger partial charge is 0.487 e. The number of benzene rings is 2. The molecule has 0 spiro atoms. The van der Waals surface area contributed by atoms with E-state index < -0.39 is 11.6 Å². The molecule has 0 aromatic heterocycles. The van der Waals surface area contributed by atoms with E-state index in [2.05, 4.69) is 5.16 Å². The summed E-state index contributed by atoms with van der Waals surface area (Å²) in [5.74, 6) is -0.946. The molecule has 0 unspecified atom stereocenters. The van der Waals surface area contributed by atoms with Crippen molar-refractivity contribution >= 4 is 17.4 Å². The zero-order valence-electron chi connectivity index (χ0n) is 10.7. The molecule has 0 amide bonds. The van der Waals surface area contributed by atoms with Crippen LogP contribution in [0.4, 0.5) is 8.78 Å². The predicted molar refractivity (Wildman–Crippen MR) is 74.7 cm³/mol. The van der Waals surface area contributed by atoms with Gasteiger partial charge in [-0.3, -0.25) is 0 Å². The van der Waals surface area contributed by atoms with Crippen molar-refractivity contribution in [3.05, 3.63) is 64.2 Å². The molecule has 7 heteroatoms. The van der Waals surface area contributed by atoms with E-state index in [9.17, 15) is 8.78 Å². The Bertz CT molecular complexity index is 693. The summed E-state index contributed by atoms with van der Waals surface area (Å²) in [5.41, 5.74) is 5.91. The van der Waals surface area contributed by atoms with Crippen LogP contribution in [-0.2, 0) is 6.61 Å². The number of hydrogen-bond acceptors (Lipinski definition) is 3. The number of nitrogens with zero attached hydrogens (tertiary/aromatic N) is 1. The van der Waals surface area contributed by atoms with Crippen molar-refractivity contribution in [2.45, 2.75) is 6.61 Å². The van der Waals surface area contributed by atoms with Crippen molar-refractivity contribution in [3.8, 4) is 5.75 Å². The van der Waals surface area contributed by atoms with Crippen molar-refractivity contribution < 1.29 is 18.7 Å². The molecule has 3 N–H and O–H groups in total. The molecular formula is C14H11ClF2N2O2. The summed E-state index contributed by atoms with van der Waals surface area (Å²) in [4.78, 5) is 0. The van der Waals surface area contributed by atoms with Gasteiger partial charge in [0, 0.05) is 11.1 Å². The quantitative estimate of drug-likeness (QED) is 0.394. The Kier molecular flexibility index (Phi) is 4.59. The van der Waals surface area contributed by atoms with E-state index in [-0.39, 0.29) is 28.8 Å². The van der Waals surface area contributed by atoms with Gasteiger partial charge in [0.1, 0.15) is 24.0 Å². The van der Waals surface area contributed by atoms with Crippen molar-refractivity contribution in [2.75, 3.05) is 0 Å². The van der Waals surface area contributed by atoms with Gasteiger partial charge in [0.25, 0.3) is 0 Å². The lowest BCUT2D eigenvalue weighted by atomic mass is 10.2. The Labute approximate surface area is 124 Å². The summed E-state index contributed by atoms with van der Waals surface area (Å²) in [6.45, 7) is -0.174. The second-order valence-electron chi connectivity index (χ2n) is 4.15. The second-order valence-corrected chi connectivity index (χ2v) is 4.56. The lowest BCUT2D eigenvalue weighted by Crippen LogP contribution is -2.12. The number of oxime groups is 1. The van der Waals surface area contributed by atoms with Gasteiger partial charge in [0.15, 0.2) is 5.84 Å². The molecule has 0 saturated heterocycles. The first-order valence-corrected chi connectivity index (χ1v) is 6.23. The minimum Gasteiger partial charge on any atom is -0.487 e. The predicted octanol–water partition coefficient (Wildman–Crippen LogP) is 3.29. The lowest BCUT2D eigenvalue weighted by molar-refractivity contribution is 0.299. The zero-order chi connectivity index (χ0) is 15.4. The summed E-state index contributed by atoms with van der Waals surface area (Å²) in [6.07, 6.45) is 0. The Morgan fingerprint density at radius 2 is 2.00 bits per heavy atom. The van der Waals surface area contributed by atoms with Gasteiger partial charge < -0.3 is 15.7 Å². The average molecular weight is 313 g/mol. The van der Waals surface area contributed by atoms with Crippen molar-refractivity contribution in [1.82, 2.24) is 0 Å². The molecule has 0 bridgehead atoms. The van der Waals surface area contributed by atoms with Crippen LogP contribution in [0.2, 0.25) is 5.02 Å². The van der Waals surface area contributed by atoms with Gasteiger partial charge >= 0.3 is 0 Å². The number of nitrogens with two attached hydrogens (primary N) is 1. The Balaban J connectivity index is 2.15. The van der Waals surface area contributed by atoms with E-state index in [4.69, 9.17) is 27.3 Å². The first-order chi connectivity index (χ1) is 10.0. The molecule has 0 saturated carbocycles. The molecule has 21 heavy (non-hydrogen) atoms. The maximum Gasteiger partial charge on any atom is 0.170 e. The van der Waals surface area contributed by atoms with Gasteiger partial charge in [0.05, 0.1) is 5.02 Å². The molecule has 4 nitrogen and oxygen atoms in total. The lowest BCUT2D eigenvalue weighted by Gasteiger charge is -2.10. The minimum absolute atomic E-state index is 0.0755. The molecule has 0 aliphatic carbocycles. The van der Waals surface area contributed by atoms with Crippen LogP contribution in [0.25, 0.3) is 0 Å². The fourth-order valence-corrected chi connectivity index (χ4v) is 1.88. The molecule has 2 aromatic rings. The van der Waals surface area contributed by atoms with Gasteiger partial charge in [-0.1, -0.05) is 16.8 Å². The fourth-order valence-electron chi connectivity index (χ4n) is 1.64. The highest BCUT2D eigenvalue weighted by atomic mass is 35.5. The topological polar surface area (TPSA) is 67.8 Å².